The lowest BCUT2D eigenvalue weighted by molar-refractivity contribution is 0.0924. The molecule has 3 nitrogen and oxygen atoms in total. The lowest BCUT2D eigenvalue weighted by Crippen LogP contribution is -2.43. The molecule has 2 N–H and O–H groups in total. The van der Waals surface area contributed by atoms with Gasteiger partial charge in [0.05, 0.1) is 5.56 Å². The first-order valence-electron chi connectivity index (χ1n) is 5.64. The van der Waals surface area contributed by atoms with Gasteiger partial charge in [-0.05, 0) is 54.0 Å². The Hall–Kier alpha value is -0.650. The van der Waals surface area contributed by atoms with Crippen molar-refractivity contribution in [2.75, 3.05) is 13.1 Å². The summed E-state index contributed by atoms with van der Waals surface area (Å²) in [4.78, 5) is 12.0. The van der Waals surface area contributed by atoms with Crippen molar-refractivity contribution in [1.82, 2.24) is 10.6 Å². The fraction of sp³-hybridized carbons (Fsp3) is 0.417. The number of carbonyl (C=O) groups excluding carboxylic acids is 1. The number of benzene rings is 1. The van der Waals surface area contributed by atoms with Gasteiger partial charge in [0.1, 0.15) is 5.82 Å². The van der Waals surface area contributed by atoms with Crippen molar-refractivity contribution < 1.29 is 9.18 Å². The highest BCUT2D eigenvalue weighted by atomic mass is 79.9. The van der Waals surface area contributed by atoms with Crippen LogP contribution in [0, 0.1) is 5.82 Å². The first kappa shape index (κ1) is 15.4. The van der Waals surface area contributed by atoms with E-state index in [2.05, 4.69) is 26.6 Å². The van der Waals surface area contributed by atoms with Crippen LogP contribution in [0.1, 0.15) is 23.2 Å². The fourth-order valence-electron chi connectivity index (χ4n) is 1.94. The zero-order valence-corrected chi connectivity index (χ0v) is 12.1. The summed E-state index contributed by atoms with van der Waals surface area (Å²) in [5.41, 5.74) is 0.0889. The van der Waals surface area contributed by atoms with E-state index in [1.165, 1.54) is 6.07 Å². The molecule has 0 spiro atoms. The number of halogens is 3. The van der Waals surface area contributed by atoms with Crippen molar-refractivity contribution in [3.63, 3.8) is 0 Å². The maximum atomic E-state index is 13.6. The molecule has 100 valence electrons. The Balaban J connectivity index is 0.00000162. The van der Waals surface area contributed by atoms with E-state index < -0.39 is 5.82 Å². The van der Waals surface area contributed by atoms with Gasteiger partial charge in [-0.15, -0.1) is 12.4 Å². The van der Waals surface area contributed by atoms with E-state index in [1.807, 2.05) is 0 Å². The normalized spacial score (nSPS) is 15.9. The fourth-order valence-corrected chi connectivity index (χ4v) is 2.46. The van der Waals surface area contributed by atoms with E-state index in [0.29, 0.717) is 4.47 Å². The third-order valence-corrected chi connectivity index (χ3v) is 3.53. The van der Waals surface area contributed by atoms with Gasteiger partial charge >= 0.3 is 0 Å². The highest BCUT2D eigenvalue weighted by molar-refractivity contribution is 9.10. The summed E-state index contributed by atoms with van der Waals surface area (Å²) < 4.78 is 14.0. The molecular formula is C12H15BrClFN2O. The standard InChI is InChI=1S/C12H14BrFN2O.ClH/c13-9-2-1-3-10(14)11(9)12(17)16-8-4-6-15-7-5-8;/h1-3,8,15H,4-7H2,(H,16,17);1H. The van der Waals surface area contributed by atoms with Crippen molar-refractivity contribution in [3.8, 4) is 0 Å². The third-order valence-electron chi connectivity index (χ3n) is 2.86. The van der Waals surface area contributed by atoms with Crippen molar-refractivity contribution in [1.29, 1.82) is 0 Å². The van der Waals surface area contributed by atoms with E-state index in [4.69, 9.17) is 0 Å². The topological polar surface area (TPSA) is 41.1 Å². The zero-order chi connectivity index (χ0) is 12.3. The molecule has 0 aromatic heterocycles. The highest BCUT2D eigenvalue weighted by Gasteiger charge is 2.20. The molecule has 0 saturated carbocycles. The van der Waals surface area contributed by atoms with E-state index in [-0.39, 0.29) is 29.9 Å². The van der Waals surface area contributed by atoms with Crippen LogP contribution in [0.2, 0.25) is 0 Å². The number of nitrogens with one attached hydrogen (secondary N) is 2. The van der Waals surface area contributed by atoms with Crippen molar-refractivity contribution >= 4 is 34.2 Å². The summed E-state index contributed by atoms with van der Waals surface area (Å²) in [5, 5.41) is 6.08. The molecule has 0 bridgehead atoms. The lowest BCUT2D eigenvalue weighted by Gasteiger charge is -2.23. The lowest BCUT2D eigenvalue weighted by atomic mass is 10.1. The van der Waals surface area contributed by atoms with Gasteiger partial charge in [-0.25, -0.2) is 4.39 Å². The van der Waals surface area contributed by atoms with Crippen LogP contribution in [0.4, 0.5) is 4.39 Å². The molecule has 0 aliphatic carbocycles. The number of hydrogen-bond acceptors (Lipinski definition) is 2. The predicted octanol–water partition coefficient (Wildman–Crippen LogP) is 2.49. The van der Waals surface area contributed by atoms with E-state index >= 15 is 0 Å². The molecule has 6 heteroatoms. The summed E-state index contributed by atoms with van der Waals surface area (Å²) in [5.74, 6) is -0.840. The molecule has 2 rings (SSSR count). The first-order valence-corrected chi connectivity index (χ1v) is 6.43. The molecule has 1 heterocycles. The molecule has 0 unspecified atom stereocenters. The molecule has 1 aromatic rings. The van der Waals surface area contributed by atoms with Crippen molar-refractivity contribution in [3.05, 3.63) is 34.1 Å². The number of hydrogen-bond donors (Lipinski definition) is 2. The second kappa shape index (κ2) is 7.07. The third kappa shape index (κ3) is 3.67. The van der Waals surface area contributed by atoms with Gasteiger partial charge in [-0.3, -0.25) is 4.79 Å². The Morgan fingerprint density at radius 2 is 2.06 bits per heavy atom. The quantitative estimate of drug-likeness (QED) is 0.870. The van der Waals surface area contributed by atoms with E-state index in [1.54, 1.807) is 12.1 Å². The molecule has 0 atom stereocenters. The van der Waals surface area contributed by atoms with Gasteiger partial charge < -0.3 is 10.6 Å². The Morgan fingerprint density at radius 1 is 1.39 bits per heavy atom. The number of piperidine rings is 1. The molecule has 1 saturated heterocycles. The molecule has 1 aromatic carbocycles. The van der Waals surface area contributed by atoms with Crippen molar-refractivity contribution in [2.45, 2.75) is 18.9 Å². The van der Waals surface area contributed by atoms with Gasteiger partial charge in [0.15, 0.2) is 0 Å². The van der Waals surface area contributed by atoms with Gasteiger partial charge in [-0.1, -0.05) is 6.07 Å². The molecule has 0 radical (unpaired) electrons. The summed E-state index contributed by atoms with van der Waals surface area (Å²) in [7, 11) is 0. The van der Waals surface area contributed by atoms with Crippen LogP contribution in [0.15, 0.2) is 22.7 Å². The first-order chi connectivity index (χ1) is 8.18. The molecule has 1 aliphatic heterocycles. The average molecular weight is 338 g/mol. The Morgan fingerprint density at radius 3 is 2.67 bits per heavy atom. The van der Waals surface area contributed by atoms with Crippen LogP contribution in [0.5, 0.6) is 0 Å². The van der Waals surface area contributed by atoms with Gasteiger partial charge in [0.25, 0.3) is 5.91 Å². The minimum atomic E-state index is -0.495. The van der Waals surface area contributed by atoms with E-state index in [9.17, 15) is 9.18 Å². The summed E-state index contributed by atoms with van der Waals surface area (Å²) in [6.45, 7) is 1.78. The van der Waals surface area contributed by atoms with Crippen molar-refractivity contribution in [2.24, 2.45) is 0 Å². The predicted molar refractivity (Wildman–Crippen MR) is 74.7 cm³/mol. The number of rotatable bonds is 2. The van der Waals surface area contributed by atoms with Gasteiger partial charge in [0, 0.05) is 10.5 Å². The van der Waals surface area contributed by atoms with Gasteiger partial charge in [-0.2, -0.15) is 0 Å². The van der Waals surface area contributed by atoms with Crippen LogP contribution >= 0.6 is 28.3 Å². The molecule has 1 aliphatic rings. The van der Waals surface area contributed by atoms with Crippen LogP contribution in [0.25, 0.3) is 0 Å². The maximum Gasteiger partial charge on any atom is 0.255 e. The van der Waals surface area contributed by atoms with Crippen LogP contribution < -0.4 is 10.6 Å². The van der Waals surface area contributed by atoms with Crippen LogP contribution in [-0.4, -0.2) is 25.0 Å². The smallest absolute Gasteiger partial charge is 0.255 e. The highest BCUT2D eigenvalue weighted by Crippen LogP contribution is 2.19. The molecule has 1 fully saturated rings. The Bertz CT molecular complexity index is 404. The van der Waals surface area contributed by atoms with Gasteiger partial charge in [0.2, 0.25) is 0 Å². The second-order valence-corrected chi connectivity index (χ2v) is 4.95. The van der Waals surface area contributed by atoms with Crippen LogP contribution in [0.3, 0.4) is 0 Å². The zero-order valence-electron chi connectivity index (χ0n) is 9.71. The molecule has 18 heavy (non-hydrogen) atoms. The largest absolute Gasteiger partial charge is 0.349 e. The maximum absolute atomic E-state index is 13.6. The average Bonchev–Trinajstić information content (AvgIpc) is 2.30. The van der Waals surface area contributed by atoms with E-state index in [0.717, 1.165) is 25.9 Å². The Labute approximate surface area is 120 Å². The Kier molecular flexibility index (Phi) is 6.05. The summed E-state index contributed by atoms with van der Waals surface area (Å²) in [6.07, 6.45) is 1.77. The summed E-state index contributed by atoms with van der Waals surface area (Å²) in [6, 6.07) is 4.67. The minimum absolute atomic E-state index is 0. The second-order valence-electron chi connectivity index (χ2n) is 4.09. The minimum Gasteiger partial charge on any atom is -0.349 e. The molecular weight excluding hydrogens is 322 g/mol. The van der Waals surface area contributed by atoms with Crippen LogP contribution in [-0.2, 0) is 0 Å². The SMILES string of the molecule is Cl.O=C(NC1CCNCC1)c1c(F)cccc1Br. The summed E-state index contributed by atoms with van der Waals surface area (Å²) >= 11 is 3.20. The number of carbonyl (C=O) groups is 1. The number of amides is 1. The monoisotopic (exact) mass is 336 g/mol. The molecule has 1 amide bonds.